The Bertz CT molecular complexity index is 368. The molecule has 0 heterocycles. The van der Waals surface area contributed by atoms with Crippen LogP contribution in [0.5, 0.6) is 5.75 Å². The van der Waals surface area contributed by atoms with Crippen LogP contribution >= 0.6 is 15.9 Å². The molecule has 0 bridgehead atoms. The zero-order valence-electron chi connectivity index (χ0n) is 12.3. The van der Waals surface area contributed by atoms with Gasteiger partial charge in [0.2, 0.25) is 0 Å². The molecule has 0 aliphatic heterocycles. The fraction of sp³-hybridized carbons (Fsp3) is 0.625. The Morgan fingerprint density at radius 3 is 2.68 bits per heavy atom. The number of halogens is 1. The summed E-state index contributed by atoms with van der Waals surface area (Å²) >= 11 is 3.65. The quantitative estimate of drug-likeness (QED) is 0.678. The van der Waals surface area contributed by atoms with Crippen LogP contribution in [0.3, 0.4) is 0 Å². The van der Waals surface area contributed by atoms with Crippen LogP contribution in [0.2, 0.25) is 0 Å². The molecule has 0 saturated carbocycles. The summed E-state index contributed by atoms with van der Waals surface area (Å²) in [6, 6.07) is 6.22. The maximum atomic E-state index is 5.31. The number of benzene rings is 1. The van der Waals surface area contributed by atoms with Crippen molar-refractivity contribution in [2.45, 2.75) is 39.5 Å². The summed E-state index contributed by atoms with van der Waals surface area (Å²) in [6.07, 6.45) is 4.80. The summed E-state index contributed by atoms with van der Waals surface area (Å²) in [4.78, 5) is 0. The van der Waals surface area contributed by atoms with Crippen LogP contribution in [0.15, 0.2) is 22.7 Å². The van der Waals surface area contributed by atoms with Gasteiger partial charge in [-0.05, 0) is 62.0 Å². The van der Waals surface area contributed by atoms with Crippen molar-refractivity contribution in [3.8, 4) is 5.75 Å². The van der Waals surface area contributed by atoms with Gasteiger partial charge >= 0.3 is 0 Å². The molecular formula is C16H26BrNO. The lowest BCUT2D eigenvalue weighted by molar-refractivity contribution is 0.411. The Morgan fingerprint density at radius 1 is 1.26 bits per heavy atom. The highest BCUT2D eigenvalue weighted by Crippen LogP contribution is 2.26. The maximum absolute atomic E-state index is 5.31. The average molecular weight is 328 g/mol. The van der Waals surface area contributed by atoms with E-state index in [2.05, 4.69) is 47.2 Å². The Hall–Kier alpha value is -0.540. The molecule has 1 aromatic carbocycles. The first-order chi connectivity index (χ1) is 9.21. The van der Waals surface area contributed by atoms with Crippen molar-refractivity contribution >= 4 is 15.9 Å². The summed E-state index contributed by atoms with van der Waals surface area (Å²) in [6.45, 7) is 6.68. The van der Waals surface area contributed by atoms with E-state index in [0.717, 1.165) is 25.3 Å². The van der Waals surface area contributed by atoms with Gasteiger partial charge in [-0.1, -0.05) is 36.2 Å². The van der Waals surface area contributed by atoms with Crippen molar-refractivity contribution in [2.24, 2.45) is 5.92 Å². The monoisotopic (exact) mass is 327 g/mol. The van der Waals surface area contributed by atoms with Gasteiger partial charge in [-0.3, -0.25) is 0 Å². The highest BCUT2D eigenvalue weighted by atomic mass is 79.9. The summed E-state index contributed by atoms with van der Waals surface area (Å²) < 4.78 is 6.50. The first-order valence-corrected chi connectivity index (χ1v) is 8.03. The summed E-state index contributed by atoms with van der Waals surface area (Å²) in [5, 5.41) is 3.54. The molecule has 108 valence electrons. The van der Waals surface area contributed by atoms with Gasteiger partial charge in [0.25, 0.3) is 0 Å². The fourth-order valence-corrected chi connectivity index (χ4v) is 2.72. The van der Waals surface area contributed by atoms with Gasteiger partial charge in [-0.15, -0.1) is 0 Å². The molecule has 1 rings (SSSR count). The number of rotatable bonds is 9. The highest BCUT2D eigenvalue weighted by Gasteiger charge is 2.11. The van der Waals surface area contributed by atoms with E-state index in [1.807, 2.05) is 6.07 Å². The van der Waals surface area contributed by atoms with Gasteiger partial charge in [-0.2, -0.15) is 0 Å². The van der Waals surface area contributed by atoms with Crippen LogP contribution in [0, 0.1) is 5.92 Å². The molecule has 0 saturated heterocycles. The molecule has 2 nitrogen and oxygen atoms in total. The summed E-state index contributed by atoms with van der Waals surface area (Å²) in [7, 11) is 1.72. The van der Waals surface area contributed by atoms with E-state index < -0.39 is 0 Å². The Balaban J connectivity index is 2.66. The molecular weight excluding hydrogens is 302 g/mol. The Labute approximate surface area is 126 Å². The second-order valence-corrected chi connectivity index (χ2v) is 5.87. The second kappa shape index (κ2) is 9.38. The van der Waals surface area contributed by atoms with E-state index >= 15 is 0 Å². The third kappa shape index (κ3) is 5.96. The van der Waals surface area contributed by atoms with Gasteiger partial charge < -0.3 is 10.1 Å². The van der Waals surface area contributed by atoms with E-state index in [4.69, 9.17) is 4.74 Å². The van der Waals surface area contributed by atoms with E-state index in [9.17, 15) is 0 Å². The predicted molar refractivity (Wildman–Crippen MR) is 86.0 cm³/mol. The van der Waals surface area contributed by atoms with E-state index in [0.29, 0.717) is 5.92 Å². The molecule has 0 radical (unpaired) electrons. The molecule has 1 unspecified atom stereocenters. The van der Waals surface area contributed by atoms with Crippen molar-refractivity contribution in [1.29, 1.82) is 0 Å². The molecule has 0 aliphatic carbocycles. The molecule has 0 fully saturated rings. The van der Waals surface area contributed by atoms with Crippen molar-refractivity contribution in [2.75, 3.05) is 20.2 Å². The van der Waals surface area contributed by atoms with Crippen LogP contribution in [0.1, 0.15) is 38.7 Å². The van der Waals surface area contributed by atoms with Gasteiger partial charge in [0.05, 0.1) is 7.11 Å². The normalized spacial score (nSPS) is 12.4. The van der Waals surface area contributed by atoms with E-state index in [-0.39, 0.29) is 0 Å². The van der Waals surface area contributed by atoms with E-state index in [1.54, 1.807) is 7.11 Å². The topological polar surface area (TPSA) is 21.3 Å². The second-order valence-electron chi connectivity index (χ2n) is 5.02. The van der Waals surface area contributed by atoms with Crippen LogP contribution < -0.4 is 10.1 Å². The largest absolute Gasteiger partial charge is 0.497 e. The summed E-state index contributed by atoms with van der Waals surface area (Å²) in [5.41, 5.74) is 1.34. The molecule has 19 heavy (non-hydrogen) atoms. The Morgan fingerprint density at radius 2 is 2.05 bits per heavy atom. The maximum Gasteiger partial charge on any atom is 0.119 e. The first kappa shape index (κ1) is 16.5. The number of ether oxygens (including phenoxy) is 1. The minimum atomic E-state index is 0.694. The number of methoxy groups -OCH3 is 1. The number of hydrogen-bond acceptors (Lipinski definition) is 2. The van der Waals surface area contributed by atoms with Gasteiger partial charge in [0.1, 0.15) is 5.75 Å². The van der Waals surface area contributed by atoms with E-state index in [1.165, 1.54) is 29.3 Å². The van der Waals surface area contributed by atoms with Crippen LogP contribution in [-0.4, -0.2) is 20.2 Å². The molecule has 0 amide bonds. The van der Waals surface area contributed by atoms with Crippen molar-refractivity contribution in [3.05, 3.63) is 28.2 Å². The third-order valence-corrected chi connectivity index (χ3v) is 4.09. The van der Waals surface area contributed by atoms with Crippen molar-refractivity contribution in [3.63, 3.8) is 0 Å². The number of hydrogen-bond donors (Lipinski definition) is 1. The van der Waals surface area contributed by atoms with Gasteiger partial charge in [0, 0.05) is 4.47 Å². The number of nitrogens with one attached hydrogen (secondary N) is 1. The molecule has 1 N–H and O–H groups in total. The molecule has 3 heteroatoms. The molecule has 0 aromatic heterocycles. The molecule has 1 aromatic rings. The molecule has 0 spiro atoms. The average Bonchev–Trinajstić information content (AvgIpc) is 2.41. The molecule has 0 aliphatic rings. The SMILES string of the molecule is CCCNCC(CCC)Cc1cc(OC)ccc1Br. The lowest BCUT2D eigenvalue weighted by Gasteiger charge is -2.18. The van der Waals surface area contributed by atoms with Crippen LogP contribution in [-0.2, 0) is 6.42 Å². The third-order valence-electron chi connectivity index (χ3n) is 3.32. The Kier molecular flexibility index (Phi) is 8.15. The smallest absolute Gasteiger partial charge is 0.119 e. The fourth-order valence-electron chi connectivity index (χ4n) is 2.31. The minimum Gasteiger partial charge on any atom is -0.497 e. The zero-order chi connectivity index (χ0) is 14.1. The van der Waals surface area contributed by atoms with Gasteiger partial charge in [0.15, 0.2) is 0 Å². The highest BCUT2D eigenvalue weighted by molar-refractivity contribution is 9.10. The molecule has 1 atom stereocenters. The van der Waals surface area contributed by atoms with Crippen LogP contribution in [0.4, 0.5) is 0 Å². The summed E-state index contributed by atoms with van der Waals surface area (Å²) in [5.74, 6) is 1.63. The predicted octanol–water partition coefficient (Wildman–Crippen LogP) is 4.42. The standard InChI is InChI=1S/C16H26BrNO/c1-4-6-13(12-18-9-5-2)10-14-11-15(19-3)7-8-16(14)17/h7-8,11,13,18H,4-6,9-10,12H2,1-3H3. The first-order valence-electron chi connectivity index (χ1n) is 7.24. The lowest BCUT2D eigenvalue weighted by Crippen LogP contribution is -2.25. The lowest BCUT2D eigenvalue weighted by atomic mass is 9.95. The van der Waals surface area contributed by atoms with Crippen molar-refractivity contribution in [1.82, 2.24) is 5.32 Å². The van der Waals surface area contributed by atoms with Crippen molar-refractivity contribution < 1.29 is 4.74 Å². The van der Waals surface area contributed by atoms with Gasteiger partial charge in [-0.25, -0.2) is 0 Å². The zero-order valence-corrected chi connectivity index (χ0v) is 13.9. The van der Waals surface area contributed by atoms with Crippen LogP contribution in [0.25, 0.3) is 0 Å². The minimum absolute atomic E-state index is 0.694.